The molecule has 1 aromatic carbocycles. The maximum Gasteiger partial charge on any atom is 0.320 e. The molecular formula is C28H42N2O5. The van der Waals surface area contributed by atoms with Crippen molar-refractivity contribution in [3.05, 3.63) is 35.6 Å². The third-order valence-electron chi connectivity index (χ3n) is 7.71. The summed E-state index contributed by atoms with van der Waals surface area (Å²) in [7, 11) is 1.70. The largest absolute Gasteiger partial charge is 0.460 e. The molecule has 4 rings (SSSR count). The lowest BCUT2D eigenvalue weighted by atomic mass is 9.73. The van der Waals surface area contributed by atoms with E-state index in [0.717, 1.165) is 48.0 Å². The average molecular weight is 487 g/mol. The van der Waals surface area contributed by atoms with Crippen molar-refractivity contribution >= 4 is 17.0 Å². The number of fused-ring (bicyclic) bond motifs is 1. The van der Waals surface area contributed by atoms with Crippen molar-refractivity contribution < 1.29 is 24.2 Å². The lowest BCUT2D eigenvalue weighted by Gasteiger charge is -2.43. The molecule has 1 aromatic heterocycles. The first-order valence-corrected chi connectivity index (χ1v) is 13.1. The number of aliphatic hydroxyl groups excluding tert-OH is 1. The highest BCUT2D eigenvalue weighted by molar-refractivity contribution is 5.82. The molecule has 0 radical (unpaired) electrons. The predicted molar refractivity (Wildman–Crippen MR) is 136 cm³/mol. The number of piperidine rings is 1. The SMILES string of the molecule is COCCCC[C@@](O)(c1cccc2cc(C(C)(C)C)oc12)[C@@H]1CCCN(C(=O)N2CC[C@@H](O)C2)C1. The lowest BCUT2D eigenvalue weighted by molar-refractivity contribution is -0.0571. The van der Waals surface area contributed by atoms with E-state index in [1.54, 1.807) is 12.0 Å². The molecule has 3 atom stereocenters. The fourth-order valence-corrected chi connectivity index (χ4v) is 5.63. The van der Waals surface area contributed by atoms with E-state index in [9.17, 15) is 15.0 Å². The number of hydrogen-bond acceptors (Lipinski definition) is 5. The van der Waals surface area contributed by atoms with Gasteiger partial charge in [0.05, 0.1) is 11.7 Å². The monoisotopic (exact) mass is 486 g/mol. The minimum absolute atomic E-state index is 0.0285. The number of amides is 2. The third-order valence-corrected chi connectivity index (χ3v) is 7.71. The van der Waals surface area contributed by atoms with Crippen molar-refractivity contribution in [2.24, 2.45) is 5.92 Å². The topological polar surface area (TPSA) is 86.4 Å². The zero-order chi connectivity index (χ0) is 25.2. The molecule has 2 aromatic rings. The van der Waals surface area contributed by atoms with Crippen LogP contribution in [0.5, 0.6) is 0 Å². The predicted octanol–water partition coefficient (Wildman–Crippen LogP) is 4.63. The zero-order valence-corrected chi connectivity index (χ0v) is 21.8. The molecule has 2 amide bonds. The Kier molecular flexibility index (Phi) is 7.79. The number of carbonyl (C=O) groups excluding carboxylic acids is 1. The first kappa shape index (κ1) is 26.0. The third kappa shape index (κ3) is 5.52. The number of furan rings is 1. The van der Waals surface area contributed by atoms with Crippen LogP contribution < -0.4 is 0 Å². The maximum absolute atomic E-state index is 13.2. The molecule has 7 heteroatoms. The summed E-state index contributed by atoms with van der Waals surface area (Å²) in [5.74, 6) is 0.791. The molecule has 194 valence electrons. The first-order valence-electron chi connectivity index (χ1n) is 13.1. The van der Waals surface area contributed by atoms with Gasteiger partial charge in [0.25, 0.3) is 0 Å². The zero-order valence-electron chi connectivity index (χ0n) is 21.8. The fourth-order valence-electron chi connectivity index (χ4n) is 5.63. The molecule has 7 nitrogen and oxygen atoms in total. The number of β-amino-alcohol motifs (C(OH)–C–C–N with tert-alkyl or cyclic N) is 1. The summed E-state index contributed by atoms with van der Waals surface area (Å²) in [6.45, 7) is 9.19. The Labute approximate surface area is 209 Å². The van der Waals surface area contributed by atoms with Crippen LogP contribution in [0.1, 0.15) is 70.6 Å². The minimum Gasteiger partial charge on any atom is -0.460 e. The standard InChI is InChI=1S/C28H42N2O5/c1-27(2,3)24-17-20-9-7-11-23(25(20)35-24)28(33,13-5-6-16-34-4)21-10-8-14-29(18-21)26(32)30-15-12-22(31)19-30/h7,9,11,17,21-22,31,33H,5-6,8,10,12-16,18-19H2,1-4H3/t21-,22-,28+/m1/s1. The van der Waals surface area contributed by atoms with Gasteiger partial charge < -0.3 is 29.2 Å². The summed E-state index contributed by atoms with van der Waals surface area (Å²) in [5, 5.41) is 23.3. The van der Waals surface area contributed by atoms with E-state index in [0.29, 0.717) is 45.6 Å². The lowest BCUT2D eigenvalue weighted by Crippen LogP contribution is -2.51. The average Bonchev–Trinajstić information content (AvgIpc) is 3.47. The number of ether oxygens (including phenoxy) is 1. The molecule has 0 bridgehead atoms. The number of likely N-dealkylation sites (tertiary alicyclic amines) is 2. The van der Waals surface area contributed by atoms with Crippen LogP contribution in [0.2, 0.25) is 0 Å². The molecule has 0 spiro atoms. The number of hydrogen-bond donors (Lipinski definition) is 2. The van der Waals surface area contributed by atoms with Gasteiger partial charge in [0.1, 0.15) is 11.3 Å². The maximum atomic E-state index is 13.2. The van der Waals surface area contributed by atoms with Crippen LogP contribution in [0.25, 0.3) is 11.0 Å². The van der Waals surface area contributed by atoms with Gasteiger partial charge in [-0.3, -0.25) is 0 Å². The number of aliphatic hydroxyl groups is 2. The molecule has 2 aliphatic rings. The van der Waals surface area contributed by atoms with Gasteiger partial charge in [0.2, 0.25) is 0 Å². The van der Waals surface area contributed by atoms with Gasteiger partial charge in [-0.2, -0.15) is 0 Å². The Bertz CT molecular complexity index is 1010. The second-order valence-corrected chi connectivity index (χ2v) is 11.4. The number of carbonyl (C=O) groups is 1. The van der Waals surface area contributed by atoms with Crippen LogP contribution in [-0.4, -0.2) is 72.0 Å². The van der Waals surface area contributed by atoms with Crippen molar-refractivity contribution in [3.8, 4) is 0 Å². The number of urea groups is 1. The molecule has 3 heterocycles. The molecule has 2 saturated heterocycles. The van der Waals surface area contributed by atoms with Gasteiger partial charge in [0.15, 0.2) is 0 Å². The number of methoxy groups -OCH3 is 1. The van der Waals surface area contributed by atoms with Crippen molar-refractivity contribution in [1.29, 1.82) is 0 Å². The van der Waals surface area contributed by atoms with E-state index in [4.69, 9.17) is 9.15 Å². The van der Waals surface area contributed by atoms with Crippen LogP contribution in [-0.2, 0) is 15.8 Å². The number of para-hydroxylation sites is 1. The molecule has 0 saturated carbocycles. The number of rotatable bonds is 7. The fraction of sp³-hybridized carbons (Fsp3) is 0.679. The Hall–Kier alpha value is -2.09. The quantitative estimate of drug-likeness (QED) is 0.557. The van der Waals surface area contributed by atoms with E-state index >= 15 is 0 Å². The Balaban J connectivity index is 1.66. The number of unbranched alkanes of at least 4 members (excludes halogenated alkanes) is 1. The number of nitrogens with zero attached hydrogens (tertiary/aromatic N) is 2. The van der Waals surface area contributed by atoms with Crippen LogP contribution in [0.3, 0.4) is 0 Å². The van der Waals surface area contributed by atoms with E-state index < -0.39 is 11.7 Å². The normalized spacial score (nSPS) is 23.1. The van der Waals surface area contributed by atoms with Crippen molar-refractivity contribution in [1.82, 2.24) is 9.80 Å². The summed E-state index contributed by atoms with van der Waals surface area (Å²) in [6, 6.07) is 8.08. The van der Waals surface area contributed by atoms with Crippen molar-refractivity contribution in [2.45, 2.75) is 76.4 Å². The van der Waals surface area contributed by atoms with Gasteiger partial charge in [-0.05, 0) is 44.6 Å². The highest BCUT2D eigenvalue weighted by Crippen LogP contribution is 2.44. The van der Waals surface area contributed by atoms with Crippen LogP contribution in [0.15, 0.2) is 28.7 Å². The minimum atomic E-state index is -1.12. The van der Waals surface area contributed by atoms with Gasteiger partial charge in [0, 0.05) is 62.2 Å². The highest BCUT2D eigenvalue weighted by atomic mass is 16.5. The van der Waals surface area contributed by atoms with Crippen LogP contribution in [0, 0.1) is 5.92 Å². The van der Waals surface area contributed by atoms with E-state index in [1.165, 1.54) is 0 Å². The van der Waals surface area contributed by atoms with Crippen LogP contribution >= 0.6 is 0 Å². The van der Waals surface area contributed by atoms with Crippen LogP contribution in [0.4, 0.5) is 4.79 Å². The summed E-state index contributed by atoms with van der Waals surface area (Å²) >= 11 is 0. The smallest absolute Gasteiger partial charge is 0.320 e. The van der Waals surface area contributed by atoms with E-state index in [2.05, 4.69) is 26.8 Å². The van der Waals surface area contributed by atoms with Crippen molar-refractivity contribution in [3.63, 3.8) is 0 Å². The Morgan fingerprint density at radius 1 is 1.14 bits per heavy atom. The number of benzene rings is 1. The van der Waals surface area contributed by atoms with Gasteiger partial charge in [-0.25, -0.2) is 4.79 Å². The van der Waals surface area contributed by atoms with Gasteiger partial charge >= 0.3 is 6.03 Å². The first-order chi connectivity index (χ1) is 16.6. The van der Waals surface area contributed by atoms with E-state index in [-0.39, 0.29) is 17.4 Å². The summed E-state index contributed by atoms with van der Waals surface area (Å²) in [6.07, 6.45) is 4.13. The summed E-state index contributed by atoms with van der Waals surface area (Å²) in [4.78, 5) is 16.8. The Morgan fingerprint density at radius 3 is 2.60 bits per heavy atom. The highest BCUT2D eigenvalue weighted by Gasteiger charge is 2.43. The van der Waals surface area contributed by atoms with E-state index in [1.807, 2.05) is 23.1 Å². The molecule has 2 aliphatic heterocycles. The molecule has 0 aliphatic carbocycles. The van der Waals surface area contributed by atoms with Gasteiger partial charge in [-0.15, -0.1) is 0 Å². The van der Waals surface area contributed by atoms with Crippen molar-refractivity contribution in [2.75, 3.05) is 39.9 Å². The summed E-state index contributed by atoms with van der Waals surface area (Å²) < 4.78 is 11.6. The summed E-state index contributed by atoms with van der Waals surface area (Å²) in [5.41, 5.74) is 0.307. The molecular weight excluding hydrogens is 444 g/mol. The Morgan fingerprint density at radius 2 is 1.91 bits per heavy atom. The molecule has 0 unspecified atom stereocenters. The molecule has 35 heavy (non-hydrogen) atoms. The second-order valence-electron chi connectivity index (χ2n) is 11.4. The molecule has 2 N–H and O–H groups in total. The molecule has 2 fully saturated rings. The second kappa shape index (κ2) is 10.5. The van der Waals surface area contributed by atoms with Gasteiger partial charge in [-0.1, -0.05) is 39.0 Å².